The van der Waals surface area contributed by atoms with Crippen molar-refractivity contribution in [1.82, 2.24) is 10.6 Å². The molecule has 0 radical (unpaired) electrons. The number of ether oxygens (including phenoxy) is 2. The van der Waals surface area contributed by atoms with Crippen LogP contribution in [0.5, 0.6) is 11.5 Å². The summed E-state index contributed by atoms with van der Waals surface area (Å²) in [5, 5.41) is 79.1. The average molecular weight is 771 g/mol. The van der Waals surface area contributed by atoms with Gasteiger partial charge in [-0.25, -0.2) is 0 Å². The summed E-state index contributed by atoms with van der Waals surface area (Å²) >= 11 is 0. The second kappa shape index (κ2) is 18.9. The fourth-order valence-electron chi connectivity index (χ4n) is 7.75. The van der Waals surface area contributed by atoms with Crippen LogP contribution in [0, 0.1) is 11.8 Å². The number of rotatable bonds is 18. The van der Waals surface area contributed by atoms with Crippen LogP contribution in [0.4, 0.5) is 0 Å². The van der Waals surface area contributed by atoms with Crippen LogP contribution in [-0.4, -0.2) is 92.3 Å². The monoisotopic (exact) mass is 770 g/mol. The molecule has 298 valence electrons. The third-order valence-electron chi connectivity index (χ3n) is 10.6. The van der Waals surface area contributed by atoms with Gasteiger partial charge < -0.3 is 55.9 Å². The number of hydrogen-bond acceptors (Lipinski definition) is 11. The molecule has 0 aliphatic heterocycles. The van der Waals surface area contributed by atoms with E-state index in [4.69, 9.17) is 19.7 Å². The normalized spacial score (nSPS) is 22.2. The average Bonchev–Trinajstić information content (AvgIpc) is 3.59. The molecule has 0 fully saturated rings. The quantitative estimate of drug-likeness (QED) is 0.0714. The number of fused-ring (bicyclic) bond motifs is 2. The van der Waals surface area contributed by atoms with Crippen LogP contribution in [0.1, 0.15) is 70.5 Å². The van der Waals surface area contributed by atoms with E-state index in [9.17, 15) is 35.1 Å². The Hall–Kier alpha value is -4.86. The number of benzene rings is 4. The Kier molecular flexibility index (Phi) is 13.7. The van der Waals surface area contributed by atoms with Crippen molar-refractivity contribution < 1.29 is 54.8 Å². The molecule has 0 bridgehead atoms. The first-order valence-electron chi connectivity index (χ1n) is 18.9. The molecule has 8 atom stereocenters. The molecule has 4 aromatic rings. The number of nitrogens with one attached hydrogen (secondary N) is 2. The summed E-state index contributed by atoms with van der Waals surface area (Å²) in [6, 6.07) is 26.1. The Labute approximate surface area is 325 Å². The minimum absolute atomic E-state index is 0.0626. The predicted molar refractivity (Wildman–Crippen MR) is 204 cm³/mol. The molecule has 4 aromatic carbocycles. The van der Waals surface area contributed by atoms with Gasteiger partial charge in [0.15, 0.2) is 0 Å². The summed E-state index contributed by atoms with van der Waals surface area (Å²) in [4.78, 5) is 28.2. The first kappa shape index (κ1) is 40.8. The fourth-order valence-corrected chi connectivity index (χ4v) is 7.75. The van der Waals surface area contributed by atoms with Crippen molar-refractivity contribution >= 4 is 11.8 Å². The molecular weight excluding hydrogens is 720 g/mol. The van der Waals surface area contributed by atoms with Crippen molar-refractivity contribution in [1.29, 1.82) is 0 Å². The Morgan fingerprint density at radius 3 is 1.27 bits per heavy atom. The van der Waals surface area contributed by atoms with Gasteiger partial charge in [0.2, 0.25) is 11.8 Å². The van der Waals surface area contributed by atoms with E-state index < -0.39 is 66.3 Å². The summed E-state index contributed by atoms with van der Waals surface area (Å²) in [5.41, 5.74) is 3.74. The van der Waals surface area contributed by atoms with Crippen molar-refractivity contribution in [3.8, 4) is 11.5 Å². The molecule has 2 aliphatic rings. The van der Waals surface area contributed by atoms with E-state index >= 15 is 0 Å². The van der Waals surface area contributed by atoms with Crippen molar-refractivity contribution in [2.24, 2.45) is 11.8 Å². The molecule has 6 rings (SSSR count). The first-order chi connectivity index (χ1) is 27.1. The molecule has 13 nitrogen and oxygen atoms in total. The molecule has 2 aliphatic carbocycles. The largest absolute Gasteiger partial charge is 0.491 e. The Balaban J connectivity index is 1.23. The Morgan fingerprint density at radius 1 is 0.554 bits per heavy atom. The SMILES string of the molecule is O=C(N[C@H]1c2ccccc2[C@@H](O)[C@H]1O)[C@H](Cc1ccc(OCCO)cc1)CC(O)C[C@@H](Cc1ccc(OCCO)cc1)C(=O)N[C@H]1c2ccccc2[C@@H](O)[C@H]1O. The van der Waals surface area contributed by atoms with Gasteiger partial charge in [0.25, 0.3) is 0 Å². The summed E-state index contributed by atoms with van der Waals surface area (Å²) in [7, 11) is 0. The van der Waals surface area contributed by atoms with Crippen LogP contribution in [-0.2, 0) is 22.4 Å². The molecule has 0 spiro atoms. The third-order valence-corrected chi connectivity index (χ3v) is 10.6. The van der Waals surface area contributed by atoms with Gasteiger partial charge in [-0.05, 0) is 83.3 Å². The van der Waals surface area contributed by atoms with Crippen LogP contribution in [0.15, 0.2) is 97.1 Å². The van der Waals surface area contributed by atoms with Gasteiger partial charge in [-0.1, -0.05) is 72.8 Å². The second-order valence-electron chi connectivity index (χ2n) is 14.5. The van der Waals surface area contributed by atoms with Gasteiger partial charge in [-0.3, -0.25) is 9.59 Å². The van der Waals surface area contributed by atoms with E-state index in [0.29, 0.717) is 33.8 Å². The van der Waals surface area contributed by atoms with Gasteiger partial charge in [0.05, 0.1) is 31.4 Å². The summed E-state index contributed by atoms with van der Waals surface area (Å²) in [6.07, 6.45) is -5.86. The molecule has 0 unspecified atom stereocenters. The molecule has 9 N–H and O–H groups in total. The number of carbonyl (C=O) groups excluding carboxylic acids is 2. The Bertz CT molecular complexity index is 1770. The number of amides is 2. The lowest BCUT2D eigenvalue weighted by Gasteiger charge is -2.27. The minimum Gasteiger partial charge on any atom is -0.491 e. The van der Waals surface area contributed by atoms with Crippen LogP contribution in [0.25, 0.3) is 0 Å². The lowest BCUT2D eigenvalue weighted by molar-refractivity contribution is -0.129. The maximum Gasteiger partial charge on any atom is 0.224 e. The van der Waals surface area contributed by atoms with Crippen LogP contribution in [0.2, 0.25) is 0 Å². The molecule has 13 heteroatoms. The number of hydrogen-bond donors (Lipinski definition) is 9. The van der Waals surface area contributed by atoms with Gasteiger partial charge >= 0.3 is 0 Å². The zero-order valence-corrected chi connectivity index (χ0v) is 30.9. The predicted octanol–water partition coefficient (Wildman–Crippen LogP) is 2.12. The molecule has 2 amide bonds. The number of aliphatic hydroxyl groups excluding tert-OH is 7. The highest BCUT2D eigenvalue weighted by molar-refractivity contribution is 5.81. The van der Waals surface area contributed by atoms with E-state index in [1.54, 1.807) is 97.1 Å². The first-order valence-corrected chi connectivity index (χ1v) is 18.9. The van der Waals surface area contributed by atoms with E-state index in [1.165, 1.54) is 0 Å². The topological polar surface area (TPSA) is 218 Å². The zero-order valence-electron chi connectivity index (χ0n) is 30.9. The van der Waals surface area contributed by atoms with Gasteiger partial charge in [-0.15, -0.1) is 0 Å². The van der Waals surface area contributed by atoms with E-state index in [0.717, 1.165) is 11.1 Å². The molecule has 0 saturated carbocycles. The maximum absolute atomic E-state index is 14.1. The van der Waals surface area contributed by atoms with E-state index in [2.05, 4.69) is 10.6 Å². The lowest BCUT2D eigenvalue weighted by Crippen LogP contribution is -2.42. The van der Waals surface area contributed by atoms with Crippen molar-refractivity contribution in [3.05, 3.63) is 130 Å². The summed E-state index contributed by atoms with van der Waals surface area (Å²) < 4.78 is 11.0. The van der Waals surface area contributed by atoms with Crippen molar-refractivity contribution in [2.75, 3.05) is 26.4 Å². The molecule has 56 heavy (non-hydrogen) atoms. The molecular formula is C43H50N2O11. The van der Waals surface area contributed by atoms with Crippen molar-refractivity contribution in [3.63, 3.8) is 0 Å². The fraction of sp³-hybridized carbons (Fsp3) is 0.395. The third kappa shape index (κ3) is 9.56. The van der Waals surface area contributed by atoms with Crippen LogP contribution < -0.4 is 20.1 Å². The second-order valence-corrected chi connectivity index (χ2v) is 14.5. The van der Waals surface area contributed by atoms with E-state index in [-0.39, 0.29) is 52.1 Å². The van der Waals surface area contributed by atoms with E-state index in [1.807, 2.05) is 0 Å². The number of aliphatic hydroxyl groups is 7. The molecule has 0 heterocycles. The number of carbonyl (C=O) groups is 2. The minimum atomic E-state index is -1.28. The molecule has 0 saturated heterocycles. The highest BCUT2D eigenvalue weighted by Crippen LogP contribution is 2.40. The lowest BCUT2D eigenvalue weighted by atomic mass is 9.86. The van der Waals surface area contributed by atoms with Crippen molar-refractivity contribution in [2.45, 2.75) is 68.3 Å². The summed E-state index contributed by atoms with van der Waals surface area (Å²) in [6.45, 7) is -0.0489. The highest BCUT2D eigenvalue weighted by Gasteiger charge is 2.42. The standard InChI is InChI=1S/C43H50N2O11/c46-17-19-55-30-13-9-25(10-14-30)21-27(42(53)44-36-32-5-1-3-7-34(32)38(49)40(36)51)23-29(48)24-28(22-26-11-15-31(16-12-26)56-20-18-47)43(54)45-37-33-6-2-4-8-35(33)39(50)41(37)52/h1-16,27-29,36-41,46-52H,17-24H2,(H,44,53)(H,45,54)/t27-,28-,36+,37+,38-,39-,40+,41+/m1/s1. The van der Waals surface area contributed by atoms with Gasteiger partial charge in [0, 0.05) is 11.8 Å². The Morgan fingerprint density at radius 2 is 0.911 bits per heavy atom. The highest BCUT2D eigenvalue weighted by atomic mass is 16.5. The smallest absolute Gasteiger partial charge is 0.224 e. The van der Waals surface area contributed by atoms with Gasteiger partial charge in [-0.2, -0.15) is 0 Å². The summed E-state index contributed by atoms with van der Waals surface area (Å²) in [5.74, 6) is -1.53. The van der Waals surface area contributed by atoms with Crippen LogP contribution in [0.3, 0.4) is 0 Å². The van der Waals surface area contributed by atoms with Crippen LogP contribution >= 0.6 is 0 Å². The zero-order chi connectivity index (χ0) is 39.8. The maximum atomic E-state index is 14.1. The van der Waals surface area contributed by atoms with Gasteiger partial charge in [0.1, 0.15) is 49.1 Å². The molecule has 0 aromatic heterocycles.